The number of para-hydroxylation sites is 3. The molecule has 0 radical (unpaired) electrons. The predicted molar refractivity (Wildman–Crippen MR) is 76.2 cm³/mol. The Hall–Kier alpha value is -2.33. The molecule has 1 heterocycles. The molecule has 4 nitrogen and oxygen atoms in total. The molecule has 0 saturated carbocycles. The second-order valence-corrected chi connectivity index (χ2v) is 4.24. The van der Waals surface area contributed by atoms with Gasteiger partial charge in [0.15, 0.2) is 5.75 Å². The van der Waals surface area contributed by atoms with Crippen molar-refractivity contribution in [3.05, 3.63) is 54.1 Å². The molecule has 0 aromatic heterocycles. The van der Waals surface area contributed by atoms with Crippen molar-refractivity contribution in [2.45, 2.75) is 0 Å². The van der Waals surface area contributed by atoms with E-state index in [2.05, 4.69) is 10.3 Å². The minimum Gasteiger partial charge on any atom is -0.454 e. The van der Waals surface area contributed by atoms with Gasteiger partial charge in [-0.25, -0.2) is 4.99 Å². The predicted octanol–water partition coefficient (Wildman–Crippen LogP) is 2.42. The molecule has 4 heteroatoms. The third-order valence-corrected chi connectivity index (χ3v) is 2.90. The Balaban J connectivity index is 2.11. The number of nitrogens with two attached hydrogens (primary N) is 1. The summed E-state index contributed by atoms with van der Waals surface area (Å²) in [5, 5.41) is 3.25. The van der Waals surface area contributed by atoms with E-state index in [1.165, 1.54) is 0 Å². The number of aliphatic imine (C=N–C) groups is 1. The van der Waals surface area contributed by atoms with Gasteiger partial charge in [-0.2, -0.15) is 0 Å². The fraction of sp³-hybridized carbons (Fsp3) is 0.133. The fourth-order valence-corrected chi connectivity index (χ4v) is 2.01. The van der Waals surface area contributed by atoms with Crippen LogP contribution in [0.25, 0.3) is 0 Å². The summed E-state index contributed by atoms with van der Waals surface area (Å²) in [4.78, 5) is 4.64. The van der Waals surface area contributed by atoms with Gasteiger partial charge in [0.05, 0.1) is 5.56 Å². The molecule has 1 aliphatic rings. The summed E-state index contributed by atoms with van der Waals surface area (Å²) in [5.74, 6) is 2.36. The third-order valence-electron chi connectivity index (χ3n) is 2.90. The Morgan fingerprint density at radius 1 is 1.00 bits per heavy atom. The van der Waals surface area contributed by atoms with E-state index in [4.69, 9.17) is 10.5 Å². The first-order valence-corrected chi connectivity index (χ1v) is 6.27. The lowest BCUT2D eigenvalue weighted by Crippen LogP contribution is -2.29. The van der Waals surface area contributed by atoms with Crippen LogP contribution in [0.3, 0.4) is 0 Å². The van der Waals surface area contributed by atoms with Gasteiger partial charge in [-0.05, 0) is 24.3 Å². The number of fused-ring (bicyclic) bond motifs is 2. The highest BCUT2D eigenvalue weighted by molar-refractivity contribution is 6.03. The molecule has 3 rings (SSSR count). The molecule has 0 saturated heterocycles. The number of nitrogens with one attached hydrogen (secondary N) is 1. The van der Waals surface area contributed by atoms with Gasteiger partial charge in [-0.1, -0.05) is 24.3 Å². The minimum atomic E-state index is 0.559. The minimum absolute atomic E-state index is 0.559. The van der Waals surface area contributed by atoms with Gasteiger partial charge in [0.25, 0.3) is 0 Å². The molecular weight excluding hydrogens is 238 g/mol. The van der Waals surface area contributed by atoms with Gasteiger partial charge in [0, 0.05) is 13.1 Å². The lowest BCUT2D eigenvalue weighted by molar-refractivity contribution is 0.484. The Kier molecular flexibility index (Phi) is 3.16. The van der Waals surface area contributed by atoms with E-state index in [0.29, 0.717) is 13.1 Å². The van der Waals surface area contributed by atoms with Crippen LogP contribution in [-0.4, -0.2) is 18.9 Å². The largest absolute Gasteiger partial charge is 0.454 e. The quantitative estimate of drug-likeness (QED) is 0.864. The van der Waals surface area contributed by atoms with Crippen LogP contribution in [0.15, 0.2) is 53.5 Å². The maximum Gasteiger partial charge on any atom is 0.153 e. The van der Waals surface area contributed by atoms with Crippen molar-refractivity contribution < 1.29 is 4.74 Å². The molecule has 0 unspecified atom stereocenters. The van der Waals surface area contributed by atoms with Crippen LogP contribution in [0, 0.1) is 0 Å². The van der Waals surface area contributed by atoms with Crippen LogP contribution in [-0.2, 0) is 0 Å². The zero-order valence-electron chi connectivity index (χ0n) is 10.5. The third kappa shape index (κ3) is 2.30. The summed E-state index contributed by atoms with van der Waals surface area (Å²) in [7, 11) is 0. The van der Waals surface area contributed by atoms with Crippen molar-refractivity contribution in [3.8, 4) is 11.5 Å². The molecular formula is C15H15N3O. The van der Waals surface area contributed by atoms with Crippen LogP contribution >= 0.6 is 0 Å². The zero-order valence-corrected chi connectivity index (χ0v) is 10.5. The van der Waals surface area contributed by atoms with E-state index in [-0.39, 0.29) is 0 Å². The van der Waals surface area contributed by atoms with Crippen LogP contribution in [0.5, 0.6) is 11.5 Å². The summed E-state index contributed by atoms with van der Waals surface area (Å²) < 4.78 is 5.93. The van der Waals surface area contributed by atoms with Crippen LogP contribution in [0.1, 0.15) is 5.56 Å². The van der Waals surface area contributed by atoms with Gasteiger partial charge in [-0.3, -0.25) is 0 Å². The van der Waals surface area contributed by atoms with E-state index in [0.717, 1.165) is 28.6 Å². The molecule has 0 atom stereocenters. The number of amidine groups is 1. The molecule has 1 aliphatic heterocycles. The number of ether oxygens (including phenoxy) is 1. The Bertz CT molecular complexity index is 622. The lowest BCUT2D eigenvalue weighted by Gasteiger charge is -2.10. The van der Waals surface area contributed by atoms with Crippen LogP contribution < -0.4 is 15.8 Å². The topological polar surface area (TPSA) is 59.6 Å². The summed E-state index contributed by atoms with van der Waals surface area (Å²) >= 11 is 0. The smallest absolute Gasteiger partial charge is 0.153 e. The van der Waals surface area contributed by atoms with E-state index in [9.17, 15) is 0 Å². The monoisotopic (exact) mass is 253 g/mol. The van der Waals surface area contributed by atoms with Gasteiger partial charge < -0.3 is 15.8 Å². The maximum absolute atomic E-state index is 5.93. The standard InChI is InChI=1S/C15H15N3O/c16-9-10-17-15-11-5-1-3-7-13(11)19-14-8-4-2-6-12(14)18-15/h1-8H,9-10,16H2,(H,17,18). The molecule has 3 N–H and O–H groups in total. The highest BCUT2D eigenvalue weighted by atomic mass is 16.5. The molecule has 0 spiro atoms. The molecule has 2 aromatic carbocycles. The second-order valence-electron chi connectivity index (χ2n) is 4.24. The average molecular weight is 253 g/mol. The van der Waals surface area contributed by atoms with E-state index < -0.39 is 0 Å². The Morgan fingerprint density at radius 2 is 1.74 bits per heavy atom. The molecule has 2 aromatic rings. The van der Waals surface area contributed by atoms with Crippen molar-refractivity contribution in [3.63, 3.8) is 0 Å². The molecule has 19 heavy (non-hydrogen) atoms. The average Bonchev–Trinajstić information content (AvgIpc) is 2.61. The zero-order chi connectivity index (χ0) is 13.1. The highest BCUT2D eigenvalue weighted by Gasteiger charge is 2.16. The van der Waals surface area contributed by atoms with Gasteiger partial charge in [0.1, 0.15) is 17.3 Å². The summed E-state index contributed by atoms with van der Waals surface area (Å²) in [6, 6.07) is 15.6. The molecule has 0 amide bonds. The highest BCUT2D eigenvalue weighted by Crippen LogP contribution is 2.36. The second kappa shape index (κ2) is 5.12. The van der Waals surface area contributed by atoms with Crippen molar-refractivity contribution in [2.24, 2.45) is 10.7 Å². The van der Waals surface area contributed by atoms with Crippen molar-refractivity contribution >= 4 is 11.5 Å². The fourth-order valence-electron chi connectivity index (χ4n) is 2.01. The van der Waals surface area contributed by atoms with Crippen molar-refractivity contribution in [1.29, 1.82) is 0 Å². The summed E-state index contributed by atoms with van der Waals surface area (Å²) in [6.07, 6.45) is 0. The van der Waals surface area contributed by atoms with Crippen molar-refractivity contribution in [2.75, 3.05) is 13.1 Å². The van der Waals surface area contributed by atoms with Crippen LogP contribution in [0.2, 0.25) is 0 Å². The Morgan fingerprint density at radius 3 is 2.58 bits per heavy atom. The normalized spacial score (nSPS) is 12.6. The van der Waals surface area contributed by atoms with E-state index >= 15 is 0 Å². The van der Waals surface area contributed by atoms with Crippen LogP contribution in [0.4, 0.5) is 5.69 Å². The number of rotatable bonds is 2. The SMILES string of the molecule is NCCNC1=Nc2ccccc2Oc2ccccc21. The van der Waals surface area contributed by atoms with Gasteiger partial charge in [-0.15, -0.1) is 0 Å². The van der Waals surface area contributed by atoms with E-state index in [1.807, 2.05) is 48.5 Å². The number of benzene rings is 2. The maximum atomic E-state index is 5.93. The first-order valence-electron chi connectivity index (χ1n) is 6.27. The summed E-state index contributed by atoms with van der Waals surface area (Å²) in [5.41, 5.74) is 7.32. The first kappa shape index (κ1) is 11.7. The number of nitrogens with zero attached hydrogens (tertiary/aromatic N) is 1. The Labute approximate surface area is 111 Å². The van der Waals surface area contributed by atoms with E-state index in [1.54, 1.807) is 0 Å². The molecule has 0 fully saturated rings. The number of hydrogen-bond acceptors (Lipinski definition) is 4. The summed E-state index contributed by atoms with van der Waals surface area (Å²) in [6.45, 7) is 1.24. The first-order chi connectivity index (χ1) is 9.38. The number of hydrogen-bond donors (Lipinski definition) is 2. The van der Waals surface area contributed by atoms with Gasteiger partial charge in [0.2, 0.25) is 0 Å². The lowest BCUT2D eigenvalue weighted by atomic mass is 10.2. The molecule has 96 valence electrons. The molecule has 0 aliphatic carbocycles. The van der Waals surface area contributed by atoms with Gasteiger partial charge >= 0.3 is 0 Å². The van der Waals surface area contributed by atoms with Crippen molar-refractivity contribution in [1.82, 2.24) is 5.32 Å². The molecule has 0 bridgehead atoms.